The minimum atomic E-state index is -4.95. The van der Waals surface area contributed by atoms with E-state index in [0.717, 1.165) is 0 Å². The van der Waals surface area contributed by atoms with E-state index in [4.69, 9.17) is 23.2 Å². The molecular formula is C15H9Cl2F3N4O4S. The van der Waals surface area contributed by atoms with Gasteiger partial charge in [-0.3, -0.25) is 4.72 Å². The number of rotatable bonds is 4. The number of aryl methyl sites for hydroxylation is 1. The molecule has 154 valence electrons. The molecule has 0 aliphatic heterocycles. The van der Waals surface area contributed by atoms with Crippen molar-refractivity contribution < 1.29 is 31.5 Å². The topological polar surface area (TPSA) is 114 Å². The fourth-order valence-electron chi connectivity index (χ4n) is 2.47. The average Bonchev–Trinajstić information content (AvgIpc) is 2.97. The van der Waals surface area contributed by atoms with Gasteiger partial charge in [0.1, 0.15) is 11.3 Å². The SMILES string of the molecule is Cc1cc(C(F)(F)F)n2nc(S(=O)(=O)Nc3c(Cl)cccc3Cl)c(C(=O)O)c2n1. The zero-order valence-electron chi connectivity index (χ0n) is 14.1. The normalized spacial score (nSPS) is 12.3. The summed E-state index contributed by atoms with van der Waals surface area (Å²) in [6.45, 7) is 1.20. The van der Waals surface area contributed by atoms with Crippen molar-refractivity contribution in [2.45, 2.75) is 18.1 Å². The number of hydrogen-bond donors (Lipinski definition) is 2. The molecule has 0 saturated carbocycles. The lowest BCUT2D eigenvalue weighted by molar-refractivity contribution is -0.142. The molecule has 3 rings (SSSR count). The first-order valence-electron chi connectivity index (χ1n) is 7.50. The van der Waals surface area contributed by atoms with E-state index in [1.807, 2.05) is 4.72 Å². The van der Waals surface area contributed by atoms with Crippen LogP contribution in [-0.4, -0.2) is 34.1 Å². The van der Waals surface area contributed by atoms with E-state index in [9.17, 15) is 31.5 Å². The van der Waals surface area contributed by atoms with Crippen LogP contribution in [-0.2, 0) is 16.2 Å². The molecular weight excluding hydrogens is 460 g/mol. The van der Waals surface area contributed by atoms with E-state index in [0.29, 0.717) is 6.07 Å². The molecule has 0 radical (unpaired) electrons. The van der Waals surface area contributed by atoms with E-state index in [2.05, 4.69) is 10.1 Å². The van der Waals surface area contributed by atoms with Crippen molar-refractivity contribution in [3.63, 3.8) is 0 Å². The number of para-hydroxylation sites is 1. The zero-order valence-corrected chi connectivity index (χ0v) is 16.4. The molecule has 2 heterocycles. The van der Waals surface area contributed by atoms with Crippen LogP contribution in [0, 0.1) is 6.92 Å². The Labute approximate surface area is 170 Å². The standard InChI is InChI=1S/C15H9Cl2F3N4O4S/c1-6-5-9(15(18,19)20)24-12(21-6)10(14(25)26)13(22-24)29(27,28)23-11-7(16)3-2-4-8(11)17/h2-5,23H,1H3,(H,25,26). The number of carboxylic acid groups (broad SMARTS) is 1. The number of nitrogens with one attached hydrogen (secondary N) is 1. The molecule has 0 aliphatic rings. The van der Waals surface area contributed by atoms with E-state index in [-0.39, 0.29) is 25.9 Å². The van der Waals surface area contributed by atoms with Gasteiger partial charge < -0.3 is 5.11 Å². The number of sulfonamides is 1. The van der Waals surface area contributed by atoms with Crippen LogP contribution in [0.5, 0.6) is 0 Å². The molecule has 3 aromatic rings. The Balaban J connectivity index is 2.31. The Bertz CT molecular complexity index is 1240. The number of carbonyl (C=O) groups is 1. The maximum absolute atomic E-state index is 13.4. The monoisotopic (exact) mass is 468 g/mol. The largest absolute Gasteiger partial charge is 0.477 e. The minimum absolute atomic E-state index is 0.119. The molecule has 0 unspecified atom stereocenters. The molecule has 0 saturated heterocycles. The van der Waals surface area contributed by atoms with E-state index in [1.165, 1.54) is 25.1 Å². The highest BCUT2D eigenvalue weighted by molar-refractivity contribution is 7.92. The van der Waals surface area contributed by atoms with Crippen molar-refractivity contribution in [3.8, 4) is 0 Å². The van der Waals surface area contributed by atoms with E-state index in [1.54, 1.807) is 0 Å². The molecule has 1 aromatic carbocycles. The number of anilines is 1. The summed E-state index contributed by atoms with van der Waals surface area (Å²) in [6, 6.07) is 4.65. The van der Waals surface area contributed by atoms with Gasteiger partial charge in [-0.2, -0.15) is 26.7 Å². The zero-order chi connectivity index (χ0) is 21.7. The summed E-state index contributed by atoms with van der Waals surface area (Å²) in [5.74, 6) is -1.84. The number of aromatic nitrogens is 3. The number of carboxylic acids is 1. The first-order chi connectivity index (χ1) is 13.3. The first-order valence-corrected chi connectivity index (χ1v) is 9.74. The molecule has 2 N–H and O–H groups in total. The smallest absolute Gasteiger partial charge is 0.433 e. The summed E-state index contributed by atoms with van der Waals surface area (Å²) in [7, 11) is -4.81. The first kappa shape index (κ1) is 21.1. The molecule has 14 heteroatoms. The number of hydrogen-bond acceptors (Lipinski definition) is 5. The maximum Gasteiger partial charge on any atom is 0.433 e. The molecule has 0 bridgehead atoms. The number of benzene rings is 1. The van der Waals surface area contributed by atoms with Gasteiger partial charge in [0.25, 0.3) is 10.0 Å². The second-order valence-corrected chi connectivity index (χ2v) is 8.12. The molecule has 2 aromatic heterocycles. The van der Waals surface area contributed by atoms with Gasteiger partial charge in [-0.05, 0) is 25.1 Å². The van der Waals surface area contributed by atoms with Crippen LogP contribution in [0.4, 0.5) is 18.9 Å². The van der Waals surface area contributed by atoms with Gasteiger partial charge in [-0.1, -0.05) is 29.3 Å². The lowest BCUT2D eigenvalue weighted by Crippen LogP contribution is -2.17. The van der Waals surface area contributed by atoms with Crippen molar-refractivity contribution in [3.05, 3.63) is 51.3 Å². The average molecular weight is 469 g/mol. The highest BCUT2D eigenvalue weighted by Crippen LogP contribution is 2.34. The van der Waals surface area contributed by atoms with Crippen LogP contribution in [0.15, 0.2) is 29.3 Å². The number of aromatic carboxylic acids is 1. The summed E-state index contributed by atoms with van der Waals surface area (Å²) in [5, 5.41) is 11.4. The summed E-state index contributed by atoms with van der Waals surface area (Å²) in [5.41, 5.74) is -3.67. The Hall–Kier alpha value is -2.57. The van der Waals surface area contributed by atoms with Crippen LogP contribution in [0.2, 0.25) is 10.0 Å². The van der Waals surface area contributed by atoms with Gasteiger partial charge in [0.2, 0.25) is 5.03 Å². The number of fused-ring (bicyclic) bond motifs is 1. The molecule has 8 nitrogen and oxygen atoms in total. The van der Waals surface area contributed by atoms with Crippen molar-refractivity contribution in [1.29, 1.82) is 0 Å². The molecule has 0 fully saturated rings. The summed E-state index contributed by atoms with van der Waals surface area (Å²) in [6.07, 6.45) is -4.95. The maximum atomic E-state index is 13.4. The van der Waals surface area contributed by atoms with Gasteiger partial charge in [0.15, 0.2) is 5.65 Å². The number of halogens is 5. The van der Waals surface area contributed by atoms with Crippen molar-refractivity contribution in [2.75, 3.05) is 4.72 Å². The Morgan fingerprint density at radius 3 is 2.34 bits per heavy atom. The van der Waals surface area contributed by atoms with Crippen LogP contribution in [0.3, 0.4) is 0 Å². The van der Waals surface area contributed by atoms with Crippen LogP contribution >= 0.6 is 23.2 Å². The number of nitrogens with zero attached hydrogens (tertiary/aromatic N) is 3. The summed E-state index contributed by atoms with van der Waals surface area (Å²) >= 11 is 11.8. The second kappa shape index (κ2) is 7.04. The minimum Gasteiger partial charge on any atom is -0.477 e. The molecule has 0 atom stereocenters. The van der Waals surface area contributed by atoms with Crippen molar-refractivity contribution >= 4 is 50.5 Å². The molecule has 0 aliphatic carbocycles. The third kappa shape index (κ3) is 3.82. The predicted octanol–water partition coefficient (Wildman–Crippen LogP) is 3.86. The van der Waals surface area contributed by atoms with E-state index >= 15 is 0 Å². The molecule has 0 spiro atoms. The highest BCUT2D eigenvalue weighted by atomic mass is 35.5. The lowest BCUT2D eigenvalue weighted by atomic mass is 10.3. The Morgan fingerprint density at radius 1 is 1.24 bits per heavy atom. The van der Waals surface area contributed by atoms with Crippen molar-refractivity contribution in [2.24, 2.45) is 0 Å². The Kier molecular flexibility index (Phi) is 5.13. The van der Waals surface area contributed by atoms with Gasteiger partial charge >= 0.3 is 12.1 Å². The van der Waals surface area contributed by atoms with Crippen LogP contribution in [0.1, 0.15) is 21.7 Å². The van der Waals surface area contributed by atoms with Crippen molar-refractivity contribution in [1.82, 2.24) is 14.6 Å². The van der Waals surface area contributed by atoms with E-state index < -0.39 is 44.1 Å². The Morgan fingerprint density at radius 2 is 1.83 bits per heavy atom. The number of alkyl halides is 3. The van der Waals surface area contributed by atoms with Crippen LogP contribution in [0.25, 0.3) is 5.65 Å². The highest BCUT2D eigenvalue weighted by Gasteiger charge is 2.38. The van der Waals surface area contributed by atoms with Gasteiger partial charge in [0.05, 0.1) is 15.7 Å². The quantitative estimate of drug-likeness (QED) is 0.600. The second-order valence-electron chi connectivity index (χ2n) is 5.70. The van der Waals surface area contributed by atoms with Gasteiger partial charge in [-0.15, -0.1) is 0 Å². The fourth-order valence-corrected chi connectivity index (χ4v) is 4.30. The predicted molar refractivity (Wildman–Crippen MR) is 97.0 cm³/mol. The third-order valence-corrected chi connectivity index (χ3v) is 5.54. The molecule has 29 heavy (non-hydrogen) atoms. The van der Waals surface area contributed by atoms with Gasteiger partial charge in [0, 0.05) is 5.69 Å². The van der Waals surface area contributed by atoms with Gasteiger partial charge in [-0.25, -0.2) is 14.3 Å². The molecule has 0 amide bonds. The third-order valence-electron chi connectivity index (χ3n) is 3.64. The van der Waals surface area contributed by atoms with Crippen LogP contribution < -0.4 is 4.72 Å². The lowest BCUT2D eigenvalue weighted by Gasteiger charge is -2.10. The summed E-state index contributed by atoms with van der Waals surface area (Å²) in [4.78, 5) is 15.4. The fraction of sp³-hybridized carbons (Fsp3) is 0.133. The summed E-state index contributed by atoms with van der Waals surface area (Å²) < 4.78 is 67.7.